The van der Waals surface area contributed by atoms with Crippen molar-refractivity contribution in [3.8, 4) is 0 Å². The summed E-state index contributed by atoms with van der Waals surface area (Å²) >= 11 is 0. The molecule has 0 heterocycles. The Morgan fingerprint density at radius 1 is 1.24 bits per heavy atom. The maximum absolute atomic E-state index is 10.2. The van der Waals surface area contributed by atoms with E-state index in [9.17, 15) is 5.11 Å². The number of hydrogen-bond acceptors (Lipinski definition) is 2. The molecule has 0 saturated carbocycles. The lowest BCUT2D eigenvalue weighted by Crippen LogP contribution is -2.43. The zero-order chi connectivity index (χ0) is 13.1. The summed E-state index contributed by atoms with van der Waals surface area (Å²) in [4.78, 5) is 0. The molecule has 0 bridgehead atoms. The summed E-state index contributed by atoms with van der Waals surface area (Å²) < 4.78 is 0. The molecule has 0 aromatic heterocycles. The first-order chi connectivity index (χ1) is 7.84. The maximum atomic E-state index is 10.2. The van der Waals surface area contributed by atoms with Crippen molar-refractivity contribution in [2.75, 3.05) is 6.54 Å². The number of rotatable bonds is 5. The van der Waals surface area contributed by atoms with E-state index in [4.69, 9.17) is 0 Å². The van der Waals surface area contributed by atoms with E-state index in [-0.39, 0.29) is 12.0 Å². The van der Waals surface area contributed by atoms with Gasteiger partial charge in [0.25, 0.3) is 0 Å². The number of nitrogens with one attached hydrogen (secondary N) is 1. The Balaban J connectivity index is 2.62. The van der Waals surface area contributed by atoms with Gasteiger partial charge >= 0.3 is 0 Å². The molecule has 2 unspecified atom stereocenters. The minimum atomic E-state index is -0.656. The van der Waals surface area contributed by atoms with E-state index < -0.39 is 5.60 Å². The van der Waals surface area contributed by atoms with Crippen LogP contribution in [0, 0.1) is 12.8 Å². The molecule has 1 aromatic rings. The van der Waals surface area contributed by atoms with Crippen LogP contribution in [0.5, 0.6) is 0 Å². The van der Waals surface area contributed by atoms with Gasteiger partial charge in [-0.25, -0.2) is 0 Å². The normalized spacial score (nSPS) is 16.9. The summed E-state index contributed by atoms with van der Waals surface area (Å²) in [5.74, 6) is 0.249. The summed E-state index contributed by atoms with van der Waals surface area (Å²) in [6.45, 7) is 10.8. The van der Waals surface area contributed by atoms with Gasteiger partial charge in [0.2, 0.25) is 0 Å². The predicted octanol–water partition coefficient (Wildman–Crippen LogP) is 3.05. The van der Waals surface area contributed by atoms with Gasteiger partial charge in [-0.3, -0.25) is 0 Å². The fourth-order valence-corrected chi connectivity index (χ4v) is 1.75. The van der Waals surface area contributed by atoms with E-state index >= 15 is 0 Å². The topological polar surface area (TPSA) is 32.3 Å². The van der Waals surface area contributed by atoms with Crippen molar-refractivity contribution in [2.45, 2.75) is 46.3 Å². The molecule has 0 aliphatic carbocycles. The Labute approximate surface area is 105 Å². The minimum absolute atomic E-state index is 0.249. The van der Waals surface area contributed by atoms with Gasteiger partial charge in [-0.2, -0.15) is 0 Å². The van der Waals surface area contributed by atoms with E-state index in [1.807, 2.05) is 20.8 Å². The lowest BCUT2D eigenvalue weighted by atomic mass is 9.92. The fourth-order valence-electron chi connectivity index (χ4n) is 1.75. The molecule has 96 valence electrons. The summed E-state index contributed by atoms with van der Waals surface area (Å²) in [7, 11) is 0. The quantitative estimate of drug-likeness (QED) is 0.822. The molecule has 0 amide bonds. The molecule has 17 heavy (non-hydrogen) atoms. The molecule has 2 atom stereocenters. The second-order valence-electron chi connectivity index (χ2n) is 5.47. The second kappa shape index (κ2) is 5.65. The van der Waals surface area contributed by atoms with Crippen LogP contribution in [-0.2, 0) is 0 Å². The molecule has 1 rings (SSSR count). The number of aryl methyl sites for hydroxylation is 1. The van der Waals surface area contributed by atoms with Gasteiger partial charge in [0, 0.05) is 12.6 Å². The van der Waals surface area contributed by atoms with Gasteiger partial charge in [0.15, 0.2) is 0 Å². The van der Waals surface area contributed by atoms with E-state index in [1.54, 1.807) is 0 Å². The molecule has 0 aliphatic heterocycles. The smallest absolute Gasteiger partial charge is 0.0766 e. The first-order valence-corrected chi connectivity index (χ1v) is 6.36. The van der Waals surface area contributed by atoms with Crippen LogP contribution in [0.1, 0.15) is 44.9 Å². The Morgan fingerprint density at radius 2 is 1.82 bits per heavy atom. The SMILES string of the molecule is Cc1ccccc1C(C)NCC(C)(O)C(C)C. The van der Waals surface area contributed by atoms with Crippen LogP contribution in [0.4, 0.5) is 0 Å². The average Bonchev–Trinajstić information content (AvgIpc) is 2.26. The van der Waals surface area contributed by atoms with Gasteiger partial charge in [0.05, 0.1) is 5.60 Å². The summed E-state index contributed by atoms with van der Waals surface area (Å²) in [5, 5.41) is 13.6. The summed E-state index contributed by atoms with van der Waals surface area (Å²) in [6.07, 6.45) is 0. The summed E-state index contributed by atoms with van der Waals surface area (Å²) in [6, 6.07) is 8.63. The Bertz CT molecular complexity index is 358. The molecular weight excluding hydrogens is 210 g/mol. The van der Waals surface area contributed by atoms with Crippen LogP contribution in [0.25, 0.3) is 0 Å². The van der Waals surface area contributed by atoms with Gasteiger partial charge in [-0.1, -0.05) is 38.1 Å². The number of aliphatic hydroxyl groups is 1. The van der Waals surface area contributed by atoms with Crippen molar-refractivity contribution >= 4 is 0 Å². The van der Waals surface area contributed by atoms with Crippen molar-refractivity contribution in [3.05, 3.63) is 35.4 Å². The van der Waals surface area contributed by atoms with Crippen molar-refractivity contribution < 1.29 is 5.11 Å². The Kier molecular flexibility index (Phi) is 4.72. The van der Waals surface area contributed by atoms with Crippen LogP contribution in [-0.4, -0.2) is 17.3 Å². The second-order valence-corrected chi connectivity index (χ2v) is 5.47. The molecule has 2 N–H and O–H groups in total. The molecule has 0 fully saturated rings. The van der Waals surface area contributed by atoms with Crippen molar-refractivity contribution in [2.24, 2.45) is 5.92 Å². The van der Waals surface area contributed by atoms with Crippen LogP contribution in [0.2, 0.25) is 0 Å². The van der Waals surface area contributed by atoms with Crippen LogP contribution in [0.15, 0.2) is 24.3 Å². The van der Waals surface area contributed by atoms with Crippen molar-refractivity contribution in [1.82, 2.24) is 5.32 Å². The van der Waals surface area contributed by atoms with Gasteiger partial charge in [0.1, 0.15) is 0 Å². The lowest BCUT2D eigenvalue weighted by Gasteiger charge is -2.30. The van der Waals surface area contributed by atoms with Crippen molar-refractivity contribution in [1.29, 1.82) is 0 Å². The van der Waals surface area contributed by atoms with Crippen LogP contribution < -0.4 is 5.32 Å². The molecule has 0 radical (unpaired) electrons. The molecule has 0 spiro atoms. The zero-order valence-electron chi connectivity index (χ0n) is 11.6. The minimum Gasteiger partial charge on any atom is -0.389 e. The molecule has 2 heteroatoms. The number of benzene rings is 1. The van der Waals surface area contributed by atoms with Crippen LogP contribution in [0.3, 0.4) is 0 Å². The third-order valence-corrected chi connectivity index (χ3v) is 3.66. The molecule has 2 nitrogen and oxygen atoms in total. The first kappa shape index (κ1) is 14.2. The van der Waals surface area contributed by atoms with Gasteiger partial charge in [-0.15, -0.1) is 0 Å². The fraction of sp³-hybridized carbons (Fsp3) is 0.600. The van der Waals surface area contributed by atoms with Gasteiger partial charge in [-0.05, 0) is 37.8 Å². The highest BCUT2D eigenvalue weighted by molar-refractivity contribution is 5.28. The summed E-state index contributed by atoms with van der Waals surface area (Å²) in [5.41, 5.74) is 1.93. The highest BCUT2D eigenvalue weighted by Gasteiger charge is 2.25. The zero-order valence-corrected chi connectivity index (χ0v) is 11.6. The van der Waals surface area contributed by atoms with E-state index in [1.165, 1.54) is 11.1 Å². The highest BCUT2D eigenvalue weighted by Crippen LogP contribution is 2.19. The molecule has 0 saturated heterocycles. The monoisotopic (exact) mass is 235 g/mol. The average molecular weight is 235 g/mol. The first-order valence-electron chi connectivity index (χ1n) is 6.36. The largest absolute Gasteiger partial charge is 0.389 e. The molecule has 0 aliphatic rings. The third-order valence-electron chi connectivity index (χ3n) is 3.66. The van der Waals surface area contributed by atoms with E-state index in [0.29, 0.717) is 6.54 Å². The third kappa shape index (κ3) is 3.83. The lowest BCUT2D eigenvalue weighted by molar-refractivity contribution is 0.0122. The highest BCUT2D eigenvalue weighted by atomic mass is 16.3. The predicted molar refractivity (Wildman–Crippen MR) is 73.1 cm³/mol. The maximum Gasteiger partial charge on any atom is 0.0766 e. The van der Waals surface area contributed by atoms with Gasteiger partial charge < -0.3 is 10.4 Å². The number of hydrogen-bond donors (Lipinski definition) is 2. The molecule has 1 aromatic carbocycles. The Morgan fingerprint density at radius 3 is 2.35 bits per heavy atom. The standard InChI is InChI=1S/C15H25NO/c1-11(2)15(5,17)10-16-13(4)14-9-7-6-8-12(14)3/h6-9,11,13,16-17H,10H2,1-5H3. The van der Waals surface area contributed by atoms with E-state index in [0.717, 1.165) is 0 Å². The van der Waals surface area contributed by atoms with Crippen molar-refractivity contribution in [3.63, 3.8) is 0 Å². The molecular formula is C15H25NO. The van der Waals surface area contributed by atoms with Crippen LogP contribution >= 0.6 is 0 Å². The Hall–Kier alpha value is -0.860. The van der Waals surface area contributed by atoms with E-state index in [2.05, 4.69) is 43.4 Å².